The topological polar surface area (TPSA) is 75.3 Å². The van der Waals surface area contributed by atoms with E-state index in [1.54, 1.807) is 6.92 Å². The molecule has 8 heteroatoms. The molecule has 1 saturated carbocycles. The quantitative estimate of drug-likeness (QED) is 0.414. The summed E-state index contributed by atoms with van der Waals surface area (Å²) in [7, 11) is 0. The Morgan fingerprint density at radius 3 is 2.57 bits per heavy atom. The van der Waals surface area contributed by atoms with Gasteiger partial charge in [0.25, 0.3) is 0 Å². The van der Waals surface area contributed by atoms with Gasteiger partial charge in [0.15, 0.2) is 0 Å². The Hall–Kier alpha value is -2.02. The molecular formula is C22H29ClF2N2O3. The van der Waals surface area contributed by atoms with E-state index in [0.717, 1.165) is 31.7 Å². The lowest BCUT2D eigenvalue weighted by atomic mass is 9.76. The maximum atomic E-state index is 14.8. The number of hydrogen-bond acceptors (Lipinski definition) is 3. The molecular weight excluding hydrogens is 414 g/mol. The maximum Gasteiger partial charge on any atom is 0.223 e. The van der Waals surface area contributed by atoms with Gasteiger partial charge in [0.1, 0.15) is 17.9 Å². The minimum atomic E-state index is -0.842. The van der Waals surface area contributed by atoms with Gasteiger partial charge in [-0.1, -0.05) is 38.3 Å². The molecule has 0 aromatic heterocycles. The summed E-state index contributed by atoms with van der Waals surface area (Å²) in [5, 5.41) is 5.34. The third kappa shape index (κ3) is 6.00. The van der Waals surface area contributed by atoms with E-state index in [1.165, 1.54) is 6.07 Å². The van der Waals surface area contributed by atoms with Crippen molar-refractivity contribution >= 4 is 29.7 Å². The van der Waals surface area contributed by atoms with E-state index >= 15 is 0 Å². The van der Waals surface area contributed by atoms with E-state index < -0.39 is 29.0 Å². The van der Waals surface area contributed by atoms with E-state index in [4.69, 9.17) is 11.6 Å². The number of amides is 2. The van der Waals surface area contributed by atoms with Gasteiger partial charge in [0.05, 0.1) is 11.1 Å². The predicted octanol–water partition coefficient (Wildman–Crippen LogP) is 4.48. The smallest absolute Gasteiger partial charge is 0.223 e. The van der Waals surface area contributed by atoms with Crippen molar-refractivity contribution < 1.29 is 23.2 Å². The van der Waals surface area contributed by atoms with Crippen molar-refractivity contribution in [2.24, 2.45) is 11.3 Å². The Bertz CT molecular complexity index is 782. The summed E-state index contributed by atoms with van der Waals surface area (Å²) >= 11 is 5.90. The minimum Gasteiger partial charge on any atom is -0.356 e. The summed E-state index contributed by atoms with van der Waals surface area (Å²) in [5.41, 5.74) is -0.681. The van der Waals surface area contributed by atoms with Gasteiger partial charge >= 0.3 is 0 Å². The molecule has 0 bridgehead atoms. The van der Waals surface area contributed by atoms with Crippen molar-refractivity contribution in [3.05, 3.63) is 34.4 Å². The normalized spacial score (nSPS) is 17.2. The van der Waals surface area contributed by atoms with E-state index in [2.05, 4.69) is 10.6 Å². The Labute approximate surface area is 180 Å². The second kappa shape index (κ2) is 10.8. The summed E-state index contributed by atoms with van der Waals surface area (Å²) in [5.74, 6) is -2.65. The van der Waals surface area contributed by atoms with Gasteiger partial charge in [-0.3, -0.25) is 9.59 Å². The van der Waals surface area contributed by atoms with Gasteiger partial charge in [-0.05, 0) is 36.8 Å². The second-order valence-electron chi connectivity index (χ2n) is 8.30. The molecule has 5 nitrogen and oxygen atoms in total. The van der Waals surface area contributed by atoms with E-state index in [0.29, 0.717) is 12.7 Å². The first-order valence-electron chi connectivity index (χ1n) is 10.3. The lowest BCUT2D eigenvalue weighted by Crippen LogP contribution is -2.42. The molecule has 1 aromatic rings. The number of carbonyl (C=O) groups excluding carboxylic acids is 3. The molecule has 30 heavy (non-hydrogen) atoms. The fourth-order valence-corrected chi connectivity index (χ4v) is 4.16. The molecule has 2 rings (SSSR count). The van der Waals surface area contributed by atoms with Crippen molar-refractivity contribution in [1.29, 1.82) is 0 Å². The minimum absolute atomic E-state index is 0.109. The fourth-order valence-electron chi connectivity index (χ4n) is 4.00. The van der Waals surface area contributed by atoms with Gasteiger partial charge in [-0.25, -0.2) is 8.78 Å². The molecule has 0 spiro atoms. The Morgan fingerprint density at radius 1 is 1.27 bits per heavy atom. The molecule has 1 aromatic carbocycles. The zero-order valence-corrected chi connectivity index (χ0v) is 18.2. The first-order chi connectivity index (χ1) is 14.2. The number of halogens is 3. The molecule has 1 aliphatic carbocycles. The third-order valence-corrected chi connectivity index (χ3v) is 6.23. The van der Waals surface area contributed by atoms with Crippen LogP contribution in [-0.2, 0) is 14.4 Å². The van der Waals surface area contributed by atoms with Gasteiger partial charge in [0.2, 0.25) is 11.8 Å². The van der Waals surface area contributed by atoms with E-state index in [-0.39, 0.29) is 41.8 Å². The van der Waals surface area contributed by atoms with Crippen LogP contribution in [0.3, 0.4) is 0 Å². The second-order valence-corrected chi connectivity index (χ2v) is 8.71. The highest BCUT2D eigenvalue weighted by molar-refractivity contribution is 6.30. The number of carbonyl (C=O) groups is 3. The van der Waals surface area contributed by atoms with Crippen LogP contribution in [0.25, 0.3) is 0 Å². The fraction of sp³-hybridized carbons (Fsp3) is 0.591. The summed E-state index contributed by atoms with van der Waals surface area (Å²) in [6.45, 7) is 3.91. The number of aldehydes is 1. The lowest BCUT2D eigenvalue weighted by Gasteiger charge is -2.36. The molecule has 0 saturated heterocycles. The van der Waals surface area contributed by atoms with Crippen LogP contribution in [-0.4, -0.2) is 24.6 Å². The van der Waals surface area contributed by atoms with Crippen LogP contribution in [0, 0.1) is 23.0 Å². The van der Waals surface area contributed by atoms with Crippen LogP contribution in [0.4, 0.5) is 8.78 Å². The number of rotatable bonds is 10. The zero-order valence-electron chi connectivity index (χ0n) is 17.4. The molecule has 1 aliphatic rings. The molecule has 2 amide bonds. The molecule has 2 atom stereocenters. The zero-order chi connectivity index (χ0) is 22.3. The van der Waals surface area contributed by atoms with Crippen molar-refractivity contribution in [3.8, 4) is 0 Å². The van der Waals surface area contributed by atoms with E-state index in [9.17, 15) is 23.2 Å². The Morgan fingerprint density at radius 2 is 1.93 bits per heavy atom. The monoisotopic (exact) mass is 442 g/mol. The molecule has 0 radical (unpaired) electrons. The summed E-state index contributed by atoms with van der Waals surface area (Å²) < 4.78 is 29.4. The Balaban J connectivity index is 2.11. The average molecular weight is 443 g/mol. The largest absolute Gasteiger partial charge is 0.356 e. The number of hydrogen-bond donors (Lipinski definition) is 2. The predicted molar refractivity (Wildman–Crippen MR) is 111 cm³/mol. The van der Waals surface area contributed by atoms with Gasteiger partial charge in [-0.2, -0.15) is 0 Å². The van der Waals surface area contributed by atoms with Crippen molar-refractivity contribution in [2.45, 2.75) is 64.8 Å². The van der Waals surface area contributed by atoms with Crippen LogP contribution in [0.1, 0.15) is 70.4 Å². The molecule has 166 valence electrons. The van der Waals surface area contributed by atoms with Crippen molar-refractivity contribution in [2.75, 3.05) is 6.54 Å². The number of benzene rings is 1. The SMILES string of the molecule is C[C@H](CCNC(=O)CCC=O)C(=O)N[C@H](c1c(F)ccc(Cl)c1F)C1(C)CCCC1. The van der Waals surface area contributed by atoms with Crippen molar-refractivity contribution in [3.63, 3.8) is 0 Å². The molecule has 0 unspecified atom stereocenters. The third-order valence-electron chi connectivity index (χ3n) is 5.93. The van der Waals surface area contributed by atoms with Crippen LogP contribution in [0.2, 0.25) is 5.02 Å². The molecule has 0 aliphatic heterocycles. The van der Waals surface area contributed by atoms with Crippen LogP contribution in [0.15, 0.2) is 12.1 Å². The maximum absolute atomic E-state index is 14.8. The van der Waals surface area contributed by atoms with Crippen LogP contribution >= 0.6 is 11.6 Å². The summed E-state index contributed by atoms with van der Waals surface area (Å²) in [6, 6.07) is 1.45. The van der Waals surface area contributed by atoms with Crippen LogP contribution in [0.5, 0.6) is 0 Å². The lowest BCUT2D eigenvalue weighted by molar-refractivity contribution is -0.127. The van der Waals surface area contributed by atoms with Crippen LogP contribution < -0.4 is 10.6 Å². The highest BCUT2D eigenvalue weighted by Gasteiger charge is 2.42. The standard InChI is InChI=1S/C22H29ClF2N2O3/c1-14(9-12-26-17(29)6-5-13-28)21(30)27-20(22(2)10-3-4-11-22)18-16(24)8-7-15(23)19(18)25/h7-8,13-14,20H,3-6,9-12H2,1-2H3,(H,26,29)(H,27,30)/t14-,20-/m1/s1. The molecule has 2 N–H and O–H groups in total. The summed E-state index contributed by atoms with van der Waals surface area (Å²) in [4.78, 5) is 34.7. The summed E-state index contributed by atoms with van der Waals surface area (Å²) in [6.07, 6.45) is 4.63. The molecule has 1 fully saturated rings. The van der Waals surface area contributed by atoms with Gasteiger partial charge < -0.3 is 15.4 Å². The number of nitrogens with one attached hydrogen (secondary N) is 2. The first kappa shape index (κ1) is 24.3. The average Bonchev–Trinajstić information content (AvgIpc) is 3.16. The van der Waals surface area contributed by atoms with E-state index in [1.807, 2.05) is 6.92 Å². The highest BCUT2D eigenvalue weighted by atomic mass is 35.5. The Kier molecular flexibility index (Phi) is 8.77. The van der Waals surface area contributed by atoms with Gasteiger partial charge in [0, 0.05) is 30.9 Å². The van der Waals surface area contributed by atoms with Gasteiger partial charge in [-0.15, -0.1) is 0 Å². The highest BCUT2D eigenvalue weighted by Crippen LogP contribution is 2.48. The van der Waals surface area contributed by atoms with Crippen molar-refractivity contribution in [1.82, 2.24) is 10.6 Å². The first-order valence-corrected chi connectivity index (χ1v) is 10.7. The molecule has 0 heterocycles.